The van der Waals surface area contributed by atoms with Gasteiger partial charge in [0.1, 0.15) is 0 Å². The highest BCUT2D eigenvalue weighted by Crippen LogP contribution is 1.94. The van der Waals surface area contributed by atoms with Gasteiger partial charge < -0.3 is 21.7 Å². The van der Waals surface area contributed by atoms with Gasteiger partial charge in [-0.3, -0.25) is 4.99 Å². The Labute approximate surface area is 70.6 Å². The van der Waals surface area contributed by atoms with Crippen LogP contribution in [-0.4, -0.2) is 43.1 Å². The van der Waals surface area contributed by atoms with Crippen LogP contribution in [0.5, 0.6) is 0 Å². The first-order valence-electron chi connectivity index (χ1n) is 3.78. The zero-order valence-electron chi connectivity index (χ0n) is 6.79. The molecule has 0 aromatic heterocycles. The third kappa shape index (κ3) is 2.30. The van der Waals surface area contributed by atoms with Crippen LogP contribution in [0, 0.1) is 0 Å². The fraction of sp³-hybridized carbons (Fsp3) is 0.667. The number of aliphatic imine (C=N–C) groups is 1. The van der Waals surface area contributed by atoms with Crippen LogP contribution in [0.4, 0.5) is 4.79 Å². The van der Waals surface area contributed by atoms with Crippen LogP contribution >= 0.6 is 0 Å². The summed E-state index contributed by atoms with van der Waals surface area (Å²) in [5.74, 6) is 0.0644. The van der Waals surface area contributed by atoms with Gasteiger partial charge >= 0.3 is 6.03 Å². The molecule has 0 radical (unpaired) electrons. The molecule has 1 fully saturated rings. The summed E-state index contributed by atoms with van der Waals surface area (Å²) in [6, 6.07) is -0.0409. The van der Waals surface area contributed by atoms with Crippen molar-refractivity contribution in [2.45, 2.75) is 0 Å². The number of rotatable bonds is 3. The van der Waals surface area contributed by atoms with E-state index in [-0.39, 0.29) is 12.0 Å². The van der Waals surface area contributed by atoms with Gasteiger partial charge in [-0.2, -0.15) is 0 Å². The molecule has 1 heterocycles. The molecule has 0 aliphatic carbocycles. The SMILES string of the molecule is NC(N)=NCCN1CCNC1=O. The predicted molar refractivity (Wildman–Crippen MR) is 45.6 cm³/mol. The average Bonchev–Trinajstić information content (AvgIpc) is 2.36. The standard InChI is InChI=1S/C6H13N5O/c7-5(8)9-1-3-11-4-2-10-6(11)12/h1-4H2,(H,10,12)(H4,7,8,9). The molecule has 0 aromatic carbocycles. The number of amides is 2. The highest BCUT2D eigenvalue weighted by molar-refractivity contribution is 5.76. The second-order valence-electron chi connectivity index (χ2n) is 2.53. The van der Waals surface area contributed by atoms with E-state index < -0.39 is 0 Å². The Bertz CT molecular complexity index is 198. The molecule has 1 saturated heterocycles. The predicted octanol–water partition coefficient (Wildman–Crippen LogP) is -1.71. The average molecular weight is 171 g/mol. The van der Waals surface area contributed by atoms with Crippen LogP contribution in [0.3, 0.4) is 0 Å². The van der Waals surface area contributed by atoms with Gasteiger partial charge in [0.05, 0.1) is 6.54 Å². The van der Waals surface area contributed by atoms with E-state index in [4.69, 9.17) is 11.5 Å². The van der Waals surface area contributed by atoms with Crippen molar-refractivity contribution in [1.29, 1.82) is 0 Å². The van der Waals surface area contributed by atoms with E-state index in [0.717, 1.165) is 6.54 Å². The normalized spacial score (nSPS) is 16.0. The minimum Gasteiger partial charge on any atom is -0.370 e. The number of guanidine groups is 1. The molecule has 0 bridgehead atoms. The molecule has 6 nitrogen and oxygen atoms in total. The second kappa shape index (κ2) is 3.80. The molecule has 1 aliphatic heterocycles. The van der Waals surface area contributed by atoms with Gasteiger partial charge in [0.2, 0.25) is 0 Å². The molecule has 1 aliphatic rings. The molecule has 0 aromatic rings. The van der Waals surface area contributed by atoms with E-state index in [9.17, 15) is 4.79 Å². The van der Waals surface area contributed by atoms with E-state index in [2.05, 4.69) is 10.3 Å². The number of carbonyl (C=O) groups is 1. The maximum atomic E-state index is 11.0. The summed E-state index contributed by atoms with van der Waals surface area (Å²) in [5.41, 5.74) is 10.2. The number of nitrogens with two attached hydrogens (primary N) is 2. The van der Waals surface area contributed by atoms with Crippen LogP contribution in [0.2, 0.25) is 0 Å². The molecular weight excluding hydrogens is 158 g/mol. The summed E-state index contributed by atoms with van der Waals surface area (Å²) in [4.78, 5) is 16.4. The first kappa shape index (κ1) is 8.63. The van der Waals surface area contributed by atoms with E-state index in [0.29, 0.717) is 19.6 Å². The van der Waals surface area contributed by atoms with Crippen molar-refractivity contribution in [2.24, 2.45) is 16.5 Å². The fourth-order valence-corrected chi connectivity index (χ4v) is 1.02. The Balaban J connectivity index is 2.23. The van der Waals surface area contributed by atoms with Gasteiger partial charge in [0.25, 0.3) is 0 Å². The Kier molecular flexibility index (Phi) is 2.73. The zero-order valence-corrected chi connectivity index (χ0v) is 6.79. The summed E-state index contributed by atoms with van der Waals surface area (Å²) in [6.45, 7) is 2.49. The monoisotopic (exact) mass is 171 g/mol. The van der Waals surface area contributed by atoms with E-state index >= 15 is 0 Å². The highest BCUT2D eigenvalue weighted by atomic mass is 16.2. The number of nitrogens with zero attached hydrogens (tertiary/aromatic N) is 2. The molecular formula is C6H13N5O. The Morgan fingerprint density at radius 3 is 2.92 bits per heavy atom. The van der Waals surface area contributed by atoms with Crippen LogP contribution in [0.1, 0.15) is 0 Å². The summed E-state index contributed by atoms with van der Waals surface area (Å²) in [5, 5.41) is 2.68. The van der Waals surface area contributed by atoms with Crippen molar-refractivity contribution < 1.29 is 4.79 Å². The lowest BCUT2D eigenvalue weighted by Crippen LogP contribution is -2.31. The maximum absolute atomic E-state index is 11.0. The molecule has 0 unspecified atom stereocenters. The van der Waals surface area contributed by atoms with Crippen LogP contribution < -0.4 is 16.8 Å². The minimum atomic E-state index is -0.0409. The molecule has 0 spiro atoms. The van der Waals surface area contributed by atoms with Gasteiger partial charge in [-0.25, -0.2) is 4.79 Å². The third-order valence-corrected chi connectivity index (χ3v) is 1.61. The lowest BCUT2D eigenvalue weighted by atomic mass is 10.5. The maximum Gasteiger partial charge on any atom is 0.317 e. The molecule has 0 saturated carbocycles. The zero-order chi connectivity index (χ0) is 8.97. The van der Waals surface area contributed by atoms with Gasteiger partial charge in [-0.05, 0) is 0 Å². The first-order chi connectivity index (χ1) is 5.70. The quantitative estimate of drug-likeness (QED) is 0.348. The van der Waals surface area contributed by atoms with Gasteiger partial charge in [-0.15, -0.1) is 0 Å². The lowest BCUT2D eigenvalue weighted by molar-refractivity contribution is 0.218. The van der Waals surface area contributed by atoms with Gasteiger partial charge in [0.15, 0.2) is 5.96 Å². The number of nitrogens with one attached hydrogen (secondary N) is 1. The molecule has 2 amide bonds. The Hall–Kier alpha value is -1.46. The number of hydrogen-bond donors (Lipinski definition) is 3. The number of hydrogen-bond acceptors (Lipinski definition) is 2. The molecule has 1 rings (SSSR count). The molecule has 5 N–H and O–H groups in total. The summed E-state index contributed by atoms with van der Waals surface area (Å²) in [6.07, 6.45) is 0. The van der Waals surface area contributed by atoms with Crippen LogP contribution in [-0.2, 0) is 0 Å². The molecule has 68 valence electrons. The van der Waals surface area contributed by atoms with Crippen molar-refractivity contribution in [3.05, 3.63) is 0 Å². The number of carbonyl (C=O) groups excluding carboxylic acids is 1. The van der Waals surface area contributed by atoms with Crippen molar-refractivity contribution in [3.63, 3.8) is 0 Å². The lowest BCUT2D eigenvalue weighted by Gasteiger charge is -2.11. The van der Waals surface area contributed by atoms with E-state index in [1.807, 2.05) is 0 Å². The van der Waals surface area contributed by atoms with Crippen molar-refractivity contribution in [1.82, 2.24) is 10.2 Å². The number of urea groups is 1. The topological polar surface area (TPSA) is 96.7 Å². The van der Waals surface area contributed by atoms with E-state index in [1.54, 1.807) is 4.90 Å². The van der Waals surface area contributed by atoms with E-state index in [1.165, 1.54) is 0 Å². The molecule has 0 atom stereocenters. The van der Waals surface area contributed by atoms with Gasteiger partial charge in [-0.1, -0.05) is 0 Å². The van der Waals surface area contributed by atoms with Crippen molar-refractivity contribution in [2.75, 3.05) is 26.2 Å². The van der Waals surface area contributed by atoms with Gasteiger partial charge in [0, 0.05) is 19.6 Å². The molecule has 6 heteroatoms. The smallest absolute Gasteiger partial charge is 0.317 e. The fourth-order valence-electron chi connectivity index (χ4n) is 1.02. The summed E-state index contributed by atoms with van der Waals surface area (Å²) in [7, 11) is 0. The second-order valence-corrected chi connectivity index (χ2v) is 2.53. The third-order valence-electron chi connectivity index (χ3n) is 1.61. The van der Waals surface area contributed by atoms with Crippen molar-refractivity contribution in [3.8, 4) is 0 Å². The highest BCUT2D eigenvalue weighted by Gasteiger charge is 2.17. The first-order valence-corrected chi connectivity index (χ1v) is 3.78. The van der Waals surface area contributed by atoms with Crippen LogP contribution in [0.15, 0.2) is 4.99 Å². The summed E-state index contributed by atoms with van der Waals surface area (Å²) >= 11 is 0. The Morgan fingerprint density at radius 2 is 2.42 bits per heavy atom. The Morgan fingerprint density at radius 1 is 1.67 bits per heavy atom. The summed E-state index contributed by atoms with van der Waals surface area (Å²) < 4.78 is 0. The molecule has 12 heavy (non-hydrogen) atoms. The minimum absolute atomic E-state index is 0.0409. The largest absolute Gasteiger partial charge is 0.370 e. The van der Waals surface area contributed by atoms with Crippen molar-refractivity contribution >= 4 is 12.0 Å². The van der Waals surface area contributed by atoms with Crippen LogP contribution in [0.25, 0.3) is 0 Å².